The number of nitrogens with one attached hydrogen (secondary N) is 1. The number of hydrogen-bond donors (Lipinski definition) is 2. The monoisotopic (exact) mass is 432 g/mol. The van der Waals surface area contributed by atoms with Crippen LogP contribution in [-0.4, -0.2) is 46.4 Å². The summed E-state index contributed by atoms with van der Waals surface area (Å²) in [6, 6.07) is 12.4. The van der Waals surface area contributed by atoms with Crippen molar-refractivity contribution in [3.8, 4) is 28.3 Å². The molecule has 2 unspecified atom stereocenters. The molecule has 0 spiro atoms. The Morgan fingerprint density at radius 3 is 2.44 bits per heavy atom. The highest BCUT2D eigenvalue weighted by Gasteiger charge is 2.41. The van der Waals surface area contributed by atoms with Crippen molar-refractivity contribution in [3.63, 3.8) is 0 Å². The van der Waals surface area contributed by atoms with Crippen molar-refractivity contribution >= 4 is 5.91 Å². The fraction of sp³-hybridized carbons (Fsp3) is 0.385. The summed E-state index contributed by atoms with van der Waals surface area (Å²) in [6.45, 7) is 3.99. The molecule has 2 aliphatic carbocycles. The number of fused-ring (bicyclic) bond motifs is 5. The van der Waals surface area contributed by atoms with E-state index in [1.54, 1.807) is 0 Å². The van der Waals surface area contributed by atoms with Crippen molar-refractivity contribution in [2.75, 3.05) is 20.7 Å². The van der Waals surface area contributed by atoms with Gasteiger partial charge in [0.15, 0.2) is 0 Å². The van der Waals surface area contributed by atoms with Gasteiger partial charge in [0, 0.05) is 28.1 Å². The van der Waals surface area contributed by atoms with Crippen molar-refractivity contribution in [2.45, 2.75) is 44.9 Å². The minimum absolute atomic E-state index is 0.146. The van der Waals surface area contributed by atoms with Crippen LogP contribution >= 0.6 is 0 Å². The van der Waals surface area contributed by atoms with Gasteiger partial charge in [-0.15, -0.1) is 4.65 Å². The number of rotatable bonds is 5. The van der Waals surface area contributed by atoms with Crippen LogP contribution in [0.1, 0.15) is 53.6 Å². The summed E-state index contributed by atoms with van der Waals surface area (Å²) in [5.74, 6) is 1.37. The van der Waals surface area contributed by atoms with Gasteiger partial charge in [0.2, 0.25) is 6.61 Å². The molecule has 0 saturated heterocycles. The number of carbonyl (C=O) groups excluding carboxylic acids is 1. The quantitative estimate of drug-likeness (QED) is 0.334. The second-order valence-corrected chi connectivity index (χ2v) is 9.62. The minimum atomic E-state index is -0.735. The molecule has 166 valence electrons. The molecule has 1 saturated carbocycles. The predicted octanol–water partition coefficient (Wildman–Crippen LogP) is 5.10. The molecule has 3 aromatic rings. The van der Waals surface area contributed by atoms with Gasteiger partial charge in [-0.2, -0.15) is 0 Å². The number of H-pyrrole nitrogens is 1. The van der Waals surface area contributed by atoms with E-state index in [0.29, 0.717) is 11.8 Å². The van der Waals surface area contributed by atoms with Crippen molar-refractivity contribution in [3.05, 3.63) is 58.9 Å². The fourth-order valence-electron chi connectivity index (χ4n) is 5.35. The summed E-state index contributed by atoms with van der Waals surface area (Å²) in [5.41, 5.74) is 9.04. The third-order valence-electron chi connectivity index (χ3n) is 6.91. The molecule has 6 heteroatoms. The number of quaternary nitrogens is 1. The first kappa shape index (κ1) is 20.9. The van der Waals surface area contributed by atoms with Gasteiger partial charge in [0.25, 0.3) is 0 Å². The van der Waals surface area contributed by atoms with E-state index in [9.17, 15) is 10.0 Å². The number of likely N-dealkylation sites (N-methyl/N-ethyl adjacent to an activating group) is 1. The van der Waals surface area contributed by atoms with Gasteiger partial charge in [-0.05, 0) is 80.8 Å². The highest BCUT2D eigenvalue weighted by molar-refractivity contribution is 5.75. The number of aromatic nitrogens is 2. The average molecular weight is 433 g/mol. The summed E-state index contributed by atoms with van der Waals surface area (Å²) >= 11 is 0. The minimum Gasteiger partial charge on any atom is -0.479 e. The van der Waals surface area contributed by atoms with Gasteiger partial charge in [-0.25, -0.2) is 15.0 Å². The lowest BCUT2D eigenvalue weighted by atomic mass is 9.86. The van der Waals surface area contributed by atoms with E-state index in [0.717, 1.165) is 52.5 Å². The molecular weight excluding hydrogens is 402 g/mol. The van der Waals surface area contributed by atoms with E-state index in [-0.39, 0.29) is 12.5 Å². The Bertz CT molecular complexity index is 1210. The summed E-state index contributed by atoms with van der Waals surface area (Å²) in [7, 11) is 2.88. The van der Waals surface area contributed by atoms with Crippen LogP contribution in [0.25, 0.3) is 22.5 Å². The molecule has 6 nitrogen and oxygen atoms in total. The van der Waals surface area contributed by atoms with E-state index in [1.165, 1.54) is 31.6 Å². The van der Waals surface area contributed by atoms with Gasteiger partial charge in [0.05, 0.1) is 11.4 Å². The Morgan fingerprint density at radius 1 is 1.09 bits per heavy atom. The molecule has 2 heterocycles. The number of hydrogen-bond acceptors (Lipinski definition) is 4. The lowest BCUT2D eigenvalue weighted by Gasteiger charge is -2.23. The Morgan fingerprint density at radius 2 is 1.78 bits per heavy atom. The zero-order chi connectivity index (χ0) is 22.6. The van der Waals surface area contributed by atoms with Crippen LogP contribution in [0.5, 0.6) is 5.75 Å². The van der Waals surface area contributed by atoms with Gasteiger partial charge < -0.3 is 9.72 Å². The van der Waals surface area contributed by atoms with Gasteiger partial charge in [-0.3, -0.25) is 0 Å². The number of hydroxylamine groups is 3. The highest BCUT2D eigenvalue weighted by atomic mass is 16.6. The molecule has 2 N–H and O–H groups in total. The first-order chi connectivity index (χ1) is 15.2. The second kappa shape index (κ2) is 7.57. The molecule has 2 aliphatic rings. The molecule has 32 heavy (non-hydrogen) atoms. The van der Waals surface area contributed by atoms with Crippen molar-refractivity contribution in [2.24, 2.45) is 0 Å². The molecule has 2 aromatic heterocycles. The Balaban J connectivity index is 1.54. The molecule has 1 aromatic carbocycles. The molecule has 2 bridgehead atoms. The Kier molecular flexibility index (Phi) is 4.95. The topological polar surface area (TPSA) is 75.2 Å². The molecular formula is C26H30N3O3+. The zero-order valence-electron chi connectivity index (χ0n) is 19.1. The molecule has 2 atom stereocenters. The Labute approximate surface area is 188 Å². The van der Waals surface area contributed by atoms with E-state index >= 15 is 0 Å². The van der Waals surface area contributed by atoms with Crippen molar-refractivity contribution in [1.29, 1.82) is 0 Å². The number of pyridine rings is 1. The van der Waals surface area contributed by atoms with Crippen molar-refractivity contribution in [1.82, 2.24) is 9.97 Å². The number of amides is 1. The number of nitrogens with zero attached hydrogens (tertiary/aromatic N) is 2. The number of benzene rings is 1. The van der Waals surface area contributed by atoms with Crippen LogP contribution in [0.3, 0.4) is 0 Å². The maximum absolute atomic E-state index is 12.2. The molecule has 5 rings (SSSR count). The van der Waals surface area contributed by atoms with Gasteiger partial charge >= 0.3 is 5.91 Å². The average Bonchev–Trinajstić information content (AvgIpc) is 3.46. The second-order valence-electron chi connectivity index (χ2n) is 9.62. The standard InChI is InChI=1S/C26H30N3O3/c1-15-12-20(16(2)27-15)22-7-5-6-21(28-22)19-10-11-23(32-14-24(30)29(3,4)31)26-18-9-8-17(13-18)25(19)26/h5-7,10-12,17-18,27,31H,8-9,13-14H2,1-4H3/q+1. The lowest BCUT2D eigenvalue weighted by Crippen LogP contribution is -2.45. The highest BCUT2D eigenvalue weighted by Crippen LogP contribution is 2.58. The first-order valence-corrected chi connectivity index (χ1v) is 11.3. The van der Waals surface area contributed by atoms with Crippen LogP contribution in [0.4, 0.5) is 0 Å². The normalized spacial score (nSPS) is 19.3. The zero-order valence-corrected chi connectivity index (χ0v) is 19.1. The van der Waals surface area contributed by atoms with E-state index in [2.05, 4.69) is 49.2 Å². The number of aryl methyl sites for hydroxylation is 2. The maximum Gasteiger partial charge on any atom is 0.382 e. The van der Waals surface area contributed by atoms with Gasteiger partial charge in [0.1, 0.15) is 19.8 Å². The largest absolute Gasteiger partial charge is 0.479 e. The third kappa shape index (κ3) is 3.53. The van der Waals surface area contributed by atoms with E-state index in [1.807, 2.05) is 6.07 Å². The SMILES string of the molecule is Cc1cc(-c2cccc(-c3ccc(OCC(=O)[N+](C)(C)O)c4c3C3CCC4C3)n2)c(C)[nH]1. The summed E-state index contributed by atoms with van der Waals surface area (Å²) in [6.07, 6.45) is 3.47. The summed E-state index contributed by atoms with van der Waals surface area (Å²) < 4.78 is 5.21. The Hall–Kier alpha value is -2.96. The fourth-order valence-corrected chi connectivity index (χ4v) is 5.35. The number of carbonyl (C=O) groups is 1. The van der Waals surface area contributed by atoms with E-state index < -0.39 is 4.65 Å². The lowest BCUT2D eigenvalue weighted by molar-refractivity contribution is -1.01. The predicted molar refractivity (Wildman–Crippen MR) is 123 cm³/mol. The smallest absolute Gasteiger partial charge is 0.382 e. The molecule has 1 amide bonds. The first-order valence-electron chi connectivity index (χ1n) is 11.3. The van der Waals surface area contributed by atoms with Gasteiger partial charge in [-0.1, -0.05) is 6.07 Å². The van der Waals surface area contributed by atoms with Crippen molar-refractivity contribution < 1.29 is 19.4 Å². The van der Waals surface area contributed by atoms with Crippen LogP contribution < -0.4 is 4.74 Å². The molecule has 1 fully saturated rings. The molecule has 0 aliphatic heterocycles. The maximum atomic E-state index is 12.2. The van der Waals surface area contributed by atoms with Crippen LogP contribution in [0, 0.1) is 13.8 Å². The number of ether oxygens (including phenoxy) is 1. The molecule has 0 radical (unpaired) electrons. The summed E-state index contributed by atoms with van der Waals surface area (Å²) in [4.78, 5) is 20.6. The van der Waals surface area contributed by atoms with Crippen LogP contribution in [0.2, 0.25) is 0 Å². The van der Waals surface area contributed by atoms with Crippen LogP contribution in [-0.2, 0) is 4.79 Å². The third-order valence-corrected chi connectivity index (χ3v) is 6.91. The summed E-state index contributed by atoms with van der Waals surface area (Å²) in [5, 5.41) is 9.89. The number of aromatic amines is 1. The van der Waals surface area contributed by atoms with E-state index in [4.69, 9.17) is 9.72 Å². The van der Waals surface area contributed by atoms with Crippen LogP contribution in [0.15, 0.2) is 36.4 Å².